The largest absolute Gasteiger partial charge is 0.496 e. The molecule has 0 saturated heterocycles. The SMILES string of the molecule is CCC(=O)Cc1cc(OC)c(CC)cc1OC. The molecule has 3 nitrogen and oxygen atoms in total. The van der Waals surface area contributed by atoms with Gasteiger partial charge in [0, 0.05) is 18.4 Å². The highest BCUT2D eigenvalue weighted by Gasteiger charge is 2.12. The highest BCUT2D eigenvalue weighted by atomic mass is 16.5. The van der Waals surface area contributed by atoms with E-state index in [9.17, 15) is 4.79 Å². The first-order chi connectivity index (χ1) is 8.15. The Bertz CT molecular complexity index is 397. The number of carbonyl (C=O) groups is 1. The van der Waals surface area contributed by atoms with Crippen molar-refractivity contribution in [3.05, 3.63) is 23.3 Å². The standard InChI is InChI=1S/C14H20O3/c1-5-10-8-14(17-4)11(7-12(15)6-2)9-13(10)16-3/h8-9H,5-7H2,1-4H3. The fourth-order valence-electron chi connectivity index (χ4n) is 1.78. The number of aryl methyl sites for hydroxylation is 1. The number of ether oxygens (including phenoxy) is 2. The van der Waals surface area contributed by atoms with Crippen LogP contribution < -0.4 is 9.47 Å². The molecule has 0 spiro atoms. The van der Waals surface area contributed by atoms with Crippen LogP contribution in [-0.4, -0.2) is 20.0 Å². The molecule has 1 aromatic carbocycles. The molecule has 0 N–H and O–H groups in total. The summed E-state index contributed by atoms with van der Waals surface area (Å²) in [4.78, 5) is 11.5. The van der Waals surface area contributed by atoms with Crippen molar-refractivity contribution in [1.29, 1.82) is 0 Å². The summed E-state index contributed by atoms with van der Waals surface area (Å²) in [6.07, 6.45) is 1.82. The monoisotopic (exact) mass is 236 g/mol. The lowest BCUT2D eigenvalue weighted by atomic mass is 10.0. The Hall–Kier alpha value is -1.51. The van der Waals surface area contributed by atoms with Crippen LogP contribution in [0.15, 0.2) is 12.1 Å². The Kier molecular flexibility index (Phi) is 5.01. The average Bonchev–Trinajstić information content (AvgIpc) is 2.37. The molecule has 0 radical (unpaired) electrons. The summed E-state index contributed by atoms with van der Waals surface area (Å²) in [6, 6.07) is 3.86. The lowest BCUT2D eigenvalue weighted by Gasteiger charge is -2.13. The zero-order valence-electron chi connectivity index (χ0n) is 11.0. The number of ketones is 1. The summed E-state index contributed by atoms with van der Waals surface area (Å²) in [7, 11) is 3.27. The van der Waals surface area contributed by atoms with Crippen LogP contribution in [0.2, 0.25) is 0 Å². The van der Waals surface area contributed by atoms with Crippen LogP contribution in [0.25, 0.3) is 0 Å². The van der Waals surface area contributed by atoms with Crippen molar-refractivity contribution in [2.45, 2.75) is 33.1 Å². The Morgan fingerprint density at radius 1 is 1.06 bits per heavy atom. The molecule has 17 heavy (non-hydrogen) atoms. The number of methoxy groups -OCH3 is 2. The first-order valence-electron chi connectivity index (χ1n) is 5.91. The van der Waals surface area contributed by atoms with Gasteiger partial charge in [0.05, 0.1) is 14.2 Å². The van der Waals surface area contributed by atoms with Crippen LogP contribution in [-0.2, 0) is 17.6 Å². The Morgan fingerprint density at radius 3 is 2.06 bits per heavy atom. The van der Waals surface area contributed by atoms with Crippen LogP contribution >= 0.6 is 0 Å². The summed E-state index contributed by atoms with van der Waals surface area (Å²) in [5, 5.41) is 0. The quantitative estimate of drug-likeness (QED) is 0.762. The molecule has 94 valence electrons. The van der Waals surface area contributed by atoms with Crippen molar-refractivity contribution >= 4 is 5.78 Å². The van der Waals surface area contributed by atoms with Crippen molar-refractivity contribution in [1.82, 2.24) is 0 Å². The lowest BCUT2D eigenvalue weighted by Crippen LogP contribution is -2.04. The molecule has 0 fully saturated rings. The summed E-state index contributed by atoms with van der Waals surface area (Å²) in [5.41, 5.74) is 1.99. The molecule has 1 rings (SSSR count). The minimum Gasteiger partial charge on any atom is -0.496 e. The third kappa shape index (κ3) is 3.22. The molecule has 0 amide bonds. The van der Waals surface area contributed by atoms with Gasteiger partial charge < -0.3 is 9.47 Å². The maximum Gasteiger partial charge on any atom is 0.137 e. The van der Waals surface area contributed by atoms with Gasteiger partial charge >= 0.3 is 0 Å². The molecular formula is C14H20O3. The van der Waals surface area contributed by atoms with Gasteiger partial charge in [0.15, 0.2) is 0 Å². The summed E-state index contributed by atoms with van der Waals surface area (Å²) in [6.45, 7) is 3.93. The van der Waals surface area contributed by atoms with Gasteiger partial charge in [-0.3, -0.25) is 4.79 Å². The number of benzene rings is 1. The third-order valence-corrected chi connectivity index (χ3v) is 2.85. The maximum atomic E-state index is 11.5. The average molecular weight is 236 g/mol. The van der Waals surface area contributed by atoms with Crippen molar-refractivity contribution < 1.29 is 14.3 Å². The molecule has 1 aromatic rings. The van der Waals surface area contributed by atoms with Gasteiger partial charge in [-0.2, -0.15) is 0 Å². The van der Waals surface area contributed by atoms with Crippen molar-refractivity contribution in [2.24, 2.45) is 0 Å². The van der Waals surface area contributed by atoms with Gasteiger partial charge in [-0.1, -0.05) is 13.8 Å². The van der Waals surface area contributed by atoms with E-state index in [1.807, 2.05) is 19.1 Å². The van der Waals surface area contributed by atoms with Crippen LogP contribution in [0.4, 0.5) is 0 Å². The van der Waals surface area contributed by atoms with Crippen LogP contribution in [0.3, 0.4) is 0 Å². The summed E-state index contributed by atoms with van der Waals surface area (Å²) >= 11 is 0. The summed E-state index contributed by atoms with van der Waals surface area (Å²) < 4.78 is 10.6. The van der Waals surface area contributed by atoms with E-state index in [2.05, 4.69) is 6.92 Å². The molecule has 0 saturated carbocycles. The topological polar surface area (TPSA) is 35.5 Å². The highest BCUT2D eigenvalue weighted by Crippen LogP contribution is 2.29. The Labute approximate surface area is 103 Å². The second-order valence-corrected chi connectivity index (χ2v) is 3.90. The normalized spacial score (nSPS) is 10.1. The third-order valence-electron chi connectivity index (χ3n) is 2.85. The second-order valence-electron chi connectivity index (χ2n) is 3.90. The molecule has 0 atom stereocenters. The van der Waals surface area contributed by atoms with Gasteiger partial charge in [0.25, 0.3) is 0 Å². The van der Waals surface area contributed by atoms with Gasteiger partial charge in [-0.15, -0.1) is 0 Å². The van der Waals surface area contributed by atoms with Crippen LogP contribution in [0.5, 0.6) is 11.5 Å². The van der Waals surface area contributed by atoms with Crippen molar-refractivity contribution in [3.63, 3.8) is 0 Å². The van der Waals surface area contributed by atoms with E-state index in [0.717, 1.165) is 29.0 Å². The molecule has 0 aliphatic rings. The first kappa shape index (κ1) is 13.6. The predicted octanol–water partition coefficient (Wildman–Crippen LogP) is 2.79. The zero-order chi connectivity index (χ0) is 12.8. The zero-order valence-corrected chi connectivity index (χ0v) is 11.0. The molecule has 0 aliphatic heterocycles. The van der Waals surface area contributed by atoms with Crippen LogP contribution in [0.1, 0.15) is 31.4 Å². The molecule has 0 heterocycles. The number of carbonyl (C=O) groups excluding carboxylic acids is 1. The lowest BCUT2D eigenvalue weighted by molar-refractivity contribution is -0.118. The number of hydrogen-bond acceptors (Lipinski definition) is 3. The molecular weight excluding hydrogens is 216 g/mol. The maximum absolute atomic E-state index is 11.5. The van der Waals surface area contributed by atoms with Crippen molar-refractivity contribution in [2.75, 3.05) is 14.2 Å². The van der Waals surface area contributed by atoms with E-state index >= 15 is 0 Å². The summed E-state index contributed by atoms with van der Waals surface area (Å²) in [5.74, 6) is 1.80. The molecule has 3 heteroatoms. The van der Waals surface area contributed by atoms with Gasteiger partial charge in [0.2, 0.25) is 0 Å². The minimum absolute atomic E-state index is 0.203. The van der Waals surface area contributed by atoms with E-state index < -0.39 is 0 Å². The van der Waals surface area contributed by atoms with E-state index in [4.69, 9.17) is 9.47 Å². The fraction of sp³-hybridized carbons (Fsp3) is 0.500. The molecule has 0 unspecified atom stereocenters. The van der Waals surface area contributed by atoms with Gasteiger partial charge in [0.1, 0.15) is 17.3 Å². The highest BCUT2D eigenvalue weighted by molar-refractivity contribution is 5.81. The van der Waals surface area contributed by atoms with E-state index in [1.165, 1.54) is 0 Å². The van der Waals surface area contributed by atoms with E-state index in [-0.39, 0.29) is 5.78 Å². The molecule has 0 aliphatic carbocycles. The van der Waals surface area contributed by atoms with Gasteiger partial charge in [-0.25, -0.2) is 0 Å². The molecule has 0 aromatic heterocycles. The van der Waals surface area contributed by atoms with Gasteiger partial charge in [-0.05, 0) is 24.1 Å². The van der Waals surface area contributed by atoms with Crippen molar-refractivity contribution in [3.8, 4) is 11.5 Å². The van der Waals surface area contributed by atoms with E-state index in [0.29, 0.717) is 12.8 Å². The smallest absolute Gasteiger partial charge is 0.137 e. The van der Waals surface area contributed by atoms with Crippen LogP contribution in [0, 0.1) is 0 Å². The second kappa shape index (κ2) is 6.28. The van der Waals surface area contributed by atoms with E-state index in [1.54, 1.807) is 14.2 Å². The fourth-order valence-corrected chi connectivity index (χ4v) is 1.78. The Balaban J connectivity index is 3.14. The predicted molar refractivity (Wildman–Crippen MR) is 67.9 cm³/mol. The molecule has 0 bridgehead atoms. The number of Topliss-reactive ketones (excluding diaryl/α,β-unsaturated/α-hetero) is 1. The minimum atomic E-state index is 0.203. The first-order valence-corrected chi connectivity index (χ1v) is 5.91. The number of hydrogen-bond donors (Lipinski definition) is 0. The number of rotatable bonds is 6. The Morgan fingerprint density at radius 2 is 1.59 bits per heavy atom.